The summed E-state index contributed by atoms with van der Waals surface area (Å²) in [5, 5.41) is 2.82. The third-order valence-electron chi connectivity index (χ3n) is 4.13. The Labute approximate surface area is 114 Å². The molecule has 2 aromatic carbocycles. The topological polar surface area (TPSA) is 4.93 Å². The molecule has 1 aromatic heterocycles. The Morgan fingerprint density at radius 3 is 1.58 bits per heavy atom. The fraction of sp³-hybridized carbons (Fsp3) is 0.333. The fourth-order valence-electron chi connectivity index (χ4n) is 2.98. The number of hydrogen-bond donors (Lipinski definition) is 0. The zero-order valence-corrected chi connectivity index (χ0v) is 12.0. The lowest BCUT2D eigenvalue weighted by Crippen LogP contribution is -1.93. The van der Waals surface area contributed by atoms with Crippen molar-refractivity contribution in [3.05, 3.63) is 47.5 Å². The standard InChI is InChI=1S/C18H21N/c1-4-13-7-9-17-15(11-13)16-12-14(5-2)8-10-18(16)19(17)6-3/h7-12H,4-6H2,1-3H3. The van der Waals surface area contributed by atoms with Gasteiger partial charge in [0.2, 0.25) is 0 Å². The summed E-state index contributed by atoms with van der Waals surface area (Å²) >= 11 is 0. The van der Waals surface area contributed by atoms with Crippen molar-refractivity contribution in [1.82, 2.24) is 4.57 Å². The molecule has 0 spiro atoms. The van der Waals surface area contributed by atoms with Gasteiger partial charge in [-0.25, -0.2) is 0 Å². The Morgan fingerprint density at radius 1 is 0.737 bits per heavy atom. The molecule has 0 fully saturated rings. The van der Waals surface area contributed by atoms with Gasteiger partial charge in [-0.05, 0) is 55.2 Å². The van der Waals surface area contributed by atoms with Crippen LogP contribution < -0.4 is 0 Å². The molecule has 0 aliphatic rings. The van der Waals surface area contributed by atoms with Gasteiger partial charge in [0, 0.05) is 28.4 Å². The van der Waals surface area contributed by atoms with Crippen LogP contribution in [0.4, 0.5) is 0 Å². The average Bonchev–Trinajstić information content (AvgIpc) is 2.79. The third-order valence-corrected chi connectivity index (χ3v) is 4.13. The second-order valence-corrected chi connectivity index (χ2v) is 5.15. The molecule has 0 saturated carbocycles. The van der Waals surface area contributed by atoms with Gasteiger partial charge in [-0.15, -0.1) is 0 Å². The Bertz CT molecular complexity index is 673. The van der Waals surface area contributed by atoms with Crippen LogP contribution in [-0.4, -0.2) is 4.57 Å². The minimum Gasteiger partial charge on any atom is -0.341 e. The van der Waals surface area contributed by atoms with Crippen LogP contribution >= 0.6 is 0 Å². The van der Waals surface area contributed by atoms with Crippen LogP contribution in [0.5, 0.6) is 0 Å². The van der Waals surface area contributed by atoms with E-state index < -0.39 is 0 Å². The zero-order valence-electron chi connectivity index (χ0n) is 12.0. The molecule has 0 atom stereocenters. The molecule has 0 aliphatic heterocycles. The lowest BCUT2D eigenvalue weighted by molar-refractivity contribution is 0.827. The number of aromatic nitrogens is 1. The maximum atomic E-state index is 2.42. The van der Waals surface area contributed by atoms with E-state index in [-0.39, 0.29) is 0 Å². The molecule has 0 N–H and O–H groups in total. The first-order valence-corrected chi connectivity index (χ1v) is 7.32. The van der Waals surface area contributed by atoms with Crippen LogP contribution in [0.1, 0.15) is 31.9 Å². The average molecular weight is 251 g/mol. The van der Waals surface area contributed by atoms with Crippen molar-refractivity contribution in [2.45, 2.75) is 40.2 Å². The Balaban J connectivity index is 2.44. The highest BCUT2D eigenvalue weighted by atomic mass is 15.0. The summed E-state index contributed by atoms with van der Waals surface area (Å²) in [7, 11) is 0. The molecule has 0 bridgehead atoms. The van der Waals surface area contributed by atoms with Crippen LogP contribution in [-0.2, 0) is 19.4 Å². The molecule has 3 aromatic rings. The molecule has 0 radical (unpaired) electrons. The summed E-state index contributed by atoms with van der Waals surface area (Å²) in [6.45, 7) is 7.69. The number of benzene rings is 2. The van der Waals surface area contributed by atoms with Gasteiger partial charge < -0.3 is 4.57 Å². The highest BCUT2D eigenvalue weighted by Crippen LogP contribution is 2.30. The molecule has 1 heterocycles. The quantitative estimate of drug-likeness (QED) is 0.621. The van der Waals surface area contributed by atoms with Gasteiger partial charge in [0.1, 0.15) is 0 Å². The molecule has 19 heavy (non-hydrogen) atoms. The van der Waals surface area contributed by atoms with Crippen molar-refractivity contribution in [2.75, 3.05) is 0 Å². The maximum Gasteiger partial charge on any atom is 0.0491 e. The SMILES string of the molecule is CCc1ccc2c(c1)c1cc(CC)ccc1n2CC. The first kappa shape index (κ1) is 12.3. The van der Waals surface area contributed by atoms with E-state index in [4.69, 9.17) is 0 Å². The molecule has 0 unspecified atom stereocenters. The van der Waals surface area contributed by atoms with Crippen LogP contribution in [0, 0.1) is 0 Å². The first-order chi connectivity index (χ1) is 9.28. The molecule has 1 heteroatoms. The largest absolute Gasteiger partial charge is 0.341 e. The van der Waals surface area contributed by atoms with E-state index >= 15 is 0 Å². The normalized spacial score (nSPS) is 11.5. The van der Waals surface area contributed by atoms with E-state index in [0.717, 1.165) is 19.4 Å². The monoisotopic (exact) mass is 251 g/mol. The summed E-state index contributed by atoms with van der Waals surface area (Å²) in [5.74, 6) is 0. The smallest absolute Gasteiger partial charge is 0.0491 e. The van der Waals surface area contributed by atoms with Gasteiger partial charge in [-0.1, -0.05) is 26.0 Å². The molecule has 0 aliphatic carbocycles. The zero-order chi connectivity index (χ0) is 13.4. The fourth-order valence-corrected chi connectivity index (χ4v) is 2.98. The Kier molecular flexibility index (Phi) is 3.06. The van der Waals surface area contributed by atoms with Gasteiger partial charge in [0.15, 0.2) is 0 Å². The minimum atomic E-state index is 1.02. The molecular formula is C18H21N. The number of nitrogens with zero attached hydrogens (tertiary/aromatic N) is 1. The molecule has 98 valence electrons. The van der Waals surface area contributed by atoms with Crippen molar-refractivity contribution in [1.29, 1.82) is 0 Å². The summed E-state index contributed by atoms with van der Waals surface area (Å²) < 4.78 is 2.42. The first-order valence-electron chi connectivity index (χ1n) is 7.32. The summed E-state index contributed by atoms with van der Waals surface area (Å²) in [4.78, 5) is 0. The van der Waals surface area contributed by atoms with Crippen molar-refractivity contribution in [3.8, 4) is 0 Å². The molecule has 0 saturated heterocycles. The number of hydrogen-bond acceptors (Lipinski definition) is 0. The maximum absolute atomic E-state index is 2.42. The van der Waals surface area contributed by atoms with E-state index in [0.29, 0.717) is 0 Å². The number of rotatable bonds is 3. The summed E-state index contributed by atoms with van der Waals surface area (Å²) in [6.07, 6.45) is 2.20. The van der Waals surface area contributed by atoms with Crippen molar-refractivity contribution >= 4 is 21.8 Å². The minimum absolute atomic E-state index is 1.02. The summed E-state index contributed by atoms with van der Waals surface area (Å²) in [5.41, 5.74) is 5.57. The van der Waals surface area contributed by atoms with E-state index in [1.54, 1.807) is 0 Å². The van der Waals surface area contributed by atoms with E-state index in [1.165, 1.54) is 32.9 Å². The second-order valence-electron chi connectivity index (χ2n) is 5.15. The van der Waals surface area contributed by atoms with Gasteiger partial charge in [-0.2, -0.15) is 0 Å². The Morgan fingerprint density at radius 2 is 1.21 bits per heavy atom. The highest BCUT2D eigenvalue weighted by Gasteiger charge is 2.10. The van der Waals surface area contributed by atoms with Crippen LogP contribution in [0.2, 0.25) is 0 Å². The molecule has 0 amide bonds. The predicted octanol–water partition coefficient (Wildman–Crippen LogP) is 4.94. The van der Waals surface area contributed by atoms with Gasteiger partial charge in [-0.3, -0.25) is 0 Å². The van der Waals surface area contributed by atoms with Crippen molar-refractivity contribution in [2.24, 2.45) is 0 Å². The Hall–Kier alpha value is -1.76. The van der Waals surface area contributed by atoms with E-state index in [2.05, 4.69) is 61.7 Å². The lowest BCUT2D eigenvalue weighted by atomic mass is 10.1. The van der Waals surface area contributed by atoms with Crippen LogP contribution in [0.25, 0.3) is 21.8 Å². The second kappa shape index (κ2) is 4.73. The van der Waals surface area contributed by atoms with Gasteiger partial charge in [0.05, 0.1) is 0 Å². The number of aryl methyl sites for hydroxylation is 3. The number of fused-ring (bicyclic) bond motifs is 3. The highest BCUT2D eigenvalue weighted by molar-refractivity contribution is 6.08. The van der Waals surface area contributed by atoms with Gasteiger partial charge >= 0.3 is 0 Å². The van der Waals surface area contributed by atoms with Crippen LogP contribution in [0.15, 0.2) is 36.4 Å². The molecular weight excluding hydrogens is 230 g/mol. The van der Waals surface area contributed by atoms with E-state index in [1.807, 2.05) is 0 Å². The lowest BCUT2D eigenvalue weighted by Gasteiger charge is -2.03. The van der Waals surface area contributed by atoms with Crippen LogP contribution in [0.3, 0.4) is 0 Å². The predicted molar refractivity (Wildman–Crippen MR) is 83.9 cm³/mol. The van der Waals surface area contributed by atoms with Gasteiger partial charge in [0.25, 0.3) is 0 Å². The molecule has 3 rings (SSSR count). The summed E-state index contributed by atoms with van der Waals surface area (Å²) in [6, 6.07) is 13.8. The van der Waals surface area contributed by atoms with Crippen molar-refractivity contribution < 1.29 is 0 Å². The van der Waals surface area contributed by atoms with E-state index in [9.17, 15) is 0 Å². The van der Waals surface area contributed by atoms with Crippen molar-refractivity contribution in [3.63, 3.8) is 0 Å². The molecule has 1 nitrogen and oxygen atoms in total. The third kappa shape index (κ3) is 1.85.